The zero-order valence-electron chi connectivity index (χ0n) is 8.42. The van der Waals surface area contributed by atoms with Crippen molar-refractivity contribution in [1.29, 1.82) is 0 Å². The van der Waals surface area contributed by atoms with E-state index in [4.69, 9.17) is 0 Å². The normalized spacial score (nSPS) is 14.7. The van der Waals surface area contributed by atoms with E-state index in [-0.39, 0.29) is 5.56 Å². The van der Waals surface area contributed by atoms with Gasteiger partial charge in [0, 0.05) is 0 Å². The van der Waals surface area contributed by atoms with E-state index in [0.717, 1.165) is 0 Å². The molecule has 17 heavy (non-hydrogen) atoms. The first-order chi connectivity index (χ1) is 7.74. The Morgan fingerprint density at radius 1 is 1.06 bits per heavy atom. The SMILES string of the molecule is OC(COC(F)(F)C(F)(F)F)c1ccccc1. The van der Waals surface area contributed by atoms with Crippen LogP contribution in [0.15, 0.2) is 30.3 Å². The fraction of sp³-hybridized carbons (Fsp3) is 0.400. The standard InChI is InChI=1S/C10H9F5O2/c11-9(12,13)10(14,15)17-6-8(16)7-4-2-1-3-5-7/h1-5,8,16H,6H2. The second kappa shape index (κ2) is 4.97. The van der Waals surface area contributed by atoms with E-state index in [1.807, 2.05) is 0 Å². The van der Waals surface area contributed by atoms with E-state index < -0.39 is 25.0 Å². The predicted octanol–water partition coefficient (Wildman–Crippen LogP) is 2.89. The molecule has 1 atom stereocenters. The Labute approximate surface area is 93.6 Å². The first-order valence-corrected chi connectivity index (χ1v) is 4.55. The van der Waals surface area contributed by atoms with Crippen LogP contribution < -0.4 is 0 Å². The quantitative estimate of drug-likeness (QED) is 0.839. The number of aliphatic hydroxyl groups is 1. The van der Waals surface area contributed by atoms with Crippen molar-refractivity contribution >= 4 is 0 Å². The maximum absolute atomic E-state index is 12.3. The van der Waals surface area contributed by atoms with Gasteiger partial charge in [0.2, 0.25) is 0 Å². The monoisotopic (exact) mass is 256 g/mol. The Kier molecular flexibility index (Phi) is 4.05. The minimum atomic E-state index is -5.79. The van der Waals surface area contributed by atoms with Crippen molar-refractivity contribution in [1.82, 2.24) is 0 Å². The highest BCUT2D eigenvalue weighted by atomic mass is 19.4. The maximum atomic E-state index is 12.3. The van der Waals surface area contributed by atoms with Crippen molar-refractivity contribution in [2.24, 2.45) is 0 Å². The smallest absolute Gasteiger partial charge is 0.386 e. The highest BCUT2D eigenvalue weighted by Gasteiger charge is 2.59. The van der Waals surface area contributed by atoms with Gasteiger partial charge in [0.15, 0.2) is 0 Å². The molecule has 0 saturated heterocycles. The molecule has 0 bridgehead atoms. The third kappa shape index (κ3) is 3.64. The van der Waals surface area contributed by atoms with Crippen molar-refractivity contribution in [2.45, 2.75) is 18.4 Å². The molecule has 1 rings (SSSR count). The van der Waals surface area contributed by atoms with Gasteiger partial charge >= 0.3 is 12.3 Å². The van der Waals surface area contributed by atoms with Crippen LogP contribution in [0.25, 0.3) is 0 Å². The molecule has 1 aromatic rings. The Balaban J connectivity index is 2.58. The molecule has 0 aliphatic carbocycles. The molecule has 0 amide bonds. The largest absolute Gasteiger partial charge is 0.482 e. The highest BCUT2D eigenvalue weighted by molar-refractivity contribution is 5.17. The molecule has 1 N–H and O–H groups in total. The van der Waals surface area contributed by atoms with Crippen LogP contribution in [0.4, 0.5) is 22.0 Å². The van der Waals surface area contributed by atoms with Crippen molar-refractivity contribution in [3.05, 3.63) is 35.9 Å². The second-order valence-corrected chi connectivity index (χ2v) is 3.25. The van der Waals surface area contributed by atoms with Crippen molar-refractivity contribution in [3.63, 3.8) is 0 Å². The molecule has 0 aromatic heterocycles. The summed E-state index contributed by atoms with van der Waals surface area (Å²) in [5.41, 5.74) is 0.200. The van der Waals surface area contributed by atoms with E-state index in [9.17, 15) is 27.1 Å². The second-order valence-electron chi connectivity index (χ2n) is 3.25. The van der Waals surface area contributed by atoms with Gasteiger partial charge in [0.25, 0.3) is 0 Å². The number of alkyl halides is 5. The van der Waals surface area contributed by atoms with Crippen LogP contribution in [0.3, 0.4) is 0 Å². The Morgan fingerprint density at radius 3 is 2.06 bits per heavy atom. The fourth-order valence-corrected chi connectivity index (χ4v) is 1.04. The molecule has 0 spiro atoms. The van der Waals surface area contributed by atoms with Crippen LogP contribution >= 0.6 is 0 Å². The molecule has 0 saturated carbocycles. The highest BCUT2D eigenvalue weighted by Crippen LogP contribution is 2.36. The molecular formula is C10H9F5O2. The van der Waals surface area contributed by atoms with Crippen LogP contribution in [-0.2, 0) is 4.74 Å². The molecule has 1 aromatic carbocycles. The number of benzene rings is 1. The summed E-state index contributed by atoms with van der Waals surface area (Å²) in [6, 6.07) is 7.42. The van der Waals surface area contributed by atoms with Crippen LogP contribution in [-0.4, -0.2) is 24.0 Å². The summed E-state index contributed by atoms with van der Waals surface area (Å²) < 4.78 is 63.3. The first kappa shape index (κ1) is 13.9. The minimum Gasteiger partial charge on any atom is -0.386 e. The number of ether oxygens (including phenoxy) is 1. The summed E-state index contributed by atoms with van der Waals surface area (Å²) in [5.74, 6) is 0. The van der Waals surface area contributed by atoms with Crippen LogP contribution in [0.5, 0.6) is 0 Å². The van der Waals surface area contributed by atoms with Gasteiger partial charge in [-0.05, 0) is 5.56 Å². The lowest BCUT2D eigenvalue weighted by Gasteiger charge is -2.21. The number of hydrogen-bond acceptors (Lipinski definition) is 2. The first-order valence-electron chi connectivity index (χ1n) is 4.55. The average molecular weight is 256 g/mol. The van der Waals surface area contributed by atoms with Gasteiger partial charge in [0.05, 0.1) is 6.61 Å². The lowest BCUT2D eigenvalue weighted by atomic mass is 10.1. The lowest BCUT2D eigenvalue weighted by Crippen LogP contribution is -2.40. The Morgan fingerprint density at radius 2 is 1.59 bits per heavy atom. The fourth-order valence-electron chi connectivity index (χ4n) is 1.04. The van der Waals surface area contributed by atoms with Gasteiger partial charge in [-0.2, -0.15) is 22.0 Å². The van der Waals surface area contributed by atoms with Crippen molar-refractivity contribution < 1.29 is 31.8 Å². The molecule has 2 nitrogen and oxygen atoms in total. The van der Waals surface area contributed by atoms with E-state index in [1.165, 1.54) is 24.3 Å². The lowest BCUT2D eigenvalue weighted by molar-refractivity contribution is -0.394. The molecule has 96 valence electrons. The number of rotatable bonds is 4. The molecular weight excluding hydrogens is 247 g/mol. The molecule has 0 aliphatic rings. The van der Waals surface area contributed by atoms with Crippen molar-refractivity contribution in [3.8, 4) is 0 Å². The van der Waals surface area contributed by atoms with E-state index in [2.05, 4.69) is 4.74 Å². The van der Waals surface area contributed by atoms with Gasteiger partial charge in [-0.3, -0.25) is 0 Å². The third-order valence-electron chi connectivity index (χ3n) is 1.94. The van der Waals surface area contributed by atoms with Crippen LogP contribution in [0.1, 0.15) is 11.7 Å². The van der Waals surface area contributed by atoms with Gasteiger partial charge in [-0.15, -0.1) is 0 Å². The number of hydrogen-bond donors (Lipinski definition) is 1. The third-order valence-corrected chi connectivity index (χ3v) is 1.94. The zero-order chi connectivity index (χ0) is 13.1. The molecule has 0 aliphatic heterocycles. The van der Waals surface area contributed by atoms with Gasteiger partial charge in [-0.1, -0.05) is 30.3 Å². The van der Waals surface area contributed by atoms with Gasteiger partial charge < -0.3 is 9.84 Å². The number of aliphatic hydroxyl groups excluding tert-OH is 1. The van der Waals surface area contributed by atoms with Crippen LogP contribution in [0, 0.1) is 0 Å². The average Bonchev–Trinajstić information content (AvgIpc) is 2.25. The summed E-state index contributed by atoms with van der Waals surface area (Å²) in [4.78, 5) is 0. The zero-order valence-corrected chi connectivity index (χ0v) is 8.42. The molecule has 1 unspecified atom stereocenters. The molecule has 0 heterocycles. The van der Waals surface area contributed by atoms with E-state index in [0.29, 0.717) is 0 Å². The van der Waals surface area contributed by atoms with Gasteiger partial charge in [-0.25, -0.2) is 0 Å². The predicted molar refractivity (Wildman–Crippen MR) is 48.4 cm³/mol. The van der Waals surface area contributed by atoms with Gasteiger partial charge in [0.1, 0.15) is 6.10 Å². The maximum Gasteiger partial charge on any atom is 0.482 e. The number of halogens is 5. The topological polar surface area (TPSA) is 29.5 Å². The molecule has 0 radical (unpaired) electrons. The Hall–Kier alpha value is -1.21. The molecule has 7 heteroatoms. The van der Waals surface area contributed by atoms with Crippen LogP contribution in [0.2, 0.25) is 0 Å². The van der Waals surface area contributed by atoms with Crippen molar-refractivity contribution in [2.75, 3.05) is 6.61 Å². The van der Waals surface area contributed by atoms with E-state index in [1.54, 1.807) is 6.07 Å². The minimum absolute atomic E-state index is 0.200. The summed E-state index contributed by atoms with van der Waals surface area (Å²) in [7, 11) is 0. The summed E-state index contributed by atoms with van der Waals surface area (Å²) in [5, 5.41) is 9.32. The summed E-state index contributed by atoms with van der Waals surface area (Å²) in [6.45, 7) is -1.14. The summed E-state index contributed by atoms with van der Waals surface area (Å²) in [6.07, 6.45) is -12.6. The summed E-state index contributed by atoms with van der Waals surface area (Å²) >= 11 is 0. The van der Waals surface area contributed by atoms with E-state index >= 15 is 0 Å². The molecule has 0 fully saturated rings. The Bertz CT molecular complexity index is 349.